The van der Waals surface area contributed by atoms with Gasteiger partial charge in [0.15, 0.2) is 0 Å². The minimum absolute atomic E-state index is 0.00739. The fraction of sp³-hybridized carbons (Fsp3) is 0.225. The van der Waals surface area contributed by atoms with Gasteiger partial charge in [-0.25, -0.2) is 0 Å². The lowest BCUT2D eigenvalue weighted by Crippen LogP contribution is -2.57. The summed E-state index contributed by atoms with van der Waals surface area (Å²) in [5.74, 6) is 2.98. The van der Waals surface area contributed by atoms with Gasteiger partial charge >= 0.3 is 0 Å². The predicted octanol–water partition coefficient (Wildman–Crippen LogP) is 8.61. The van der Waals surface area contributed by atoms with Crippen LogP contribution in [0.15, 0.2) is 106 Å². The molecule has 2 heterocycles. The lowest BCUT2D eigenvalue weighted by molar-refractivity contribution is 0.487. The van der Waals surface area contributed by atoms with Gasteiger partial charge in [0.1, 0.15) is 22.7 Å². The monoisotopic (exact) mass is 576 g/mol. The Bertz CT molecular complexity index is 2090. The molecule has 4 heteroatoms. The van der Waals surface area contributed by atoms with Crippen molar-refractivity contribution in [1.82, 2.24) is 0 Å². The molecule has 0 saturated heterocycles. The molecule has 44 heavy (non-hydrogen) atoms. The van der Waals surface area contributed by atoms with Gasteiger partial charge < -0.3 is 9.15 Å². The third kappa shape index (κ3) is 4.64. The summed E-state index contributed by atoms with van der Waals surface area (Å²) in [6, 6.07) is 33.2. The van der Waals surface area contributed by atoms with Gasteiger partial charge in [-0.3, -0.25) is 4.79 Å². The van der Waals surface area contributed by atoms with Crippen LogP contribution in [0, 0.1) is 0 Å². The van der Waals surface area contributed by atoms with Gasteiger partial charge in [-0.15, -0.1) is 0 Å². The number of rotatable bonds is 5. The molecule has 0 saturated carbocycles. The molecule has 0 bridgehead atoms. The molecule has 6 aromatic rings. The Hall–Kier alpha value is -4.57. The summed E-state index contributed by atoms with van der Waals surface area (Å²) in [4.78, 5) is 13.1. The maximum atomic E-state index is 13.1. The molecular weight excluding hydrogens is 539 g/mol. The molecule has 0 N–H and O–H groups in total. The second-order valence-electron chi connectivity index (χ2n) is 13.0. The number of hydrogen-bond donors (Lipinski definition) is 0. The van der Waals surface area contributed by atoms with E-state index in [-0.39, 0.29) is 12.1 Å². The summed E-state index contributed by atoms with van der Waals surface area (Å²) in [7, 11) is 0. The SMILES string of the molecule is CC(C)c1cc(C(C)C)c(B2c3ccccc3Oc3cc(-c4ccc5c(=O)c6ccccc6oc5c4)ccc32)c(C(C)C)c1. The molecular formula is C40H37BO3. The van der Waals surface area contributed by atoms with E-state index in [0.717, 1.165) is 22.6 Å². The normalized spacial score (nSPS) is 12.7. The highest BCUT2D eigenvalue weighted by atomic mass is 16.5. The van der Waals surface area contributed by atoms with E-state index >= 15 is 0 Å². The molecule has 5 aromatic carbocycles. The summed E-state index contributed by atoms with van der Waals surface area (Å²) in [5, 5.41) is 1.19. The summed E-state index contributed by atoms with van der Waals surface area (Å²) >= 11 is 0. The minimum atomic E-state index is -0.00739. The Morgan fingerprint density at radius 3 is 1.91 bits per heavy atom. The first-order chi connectivity index (χ1) is 21.2. The van der Waals surface area contributed by atoms with E-state index in [9.17, 15) is 4.79 Å². The van der Waals surface area contributed by atoms with Gasteiger partial charge in [-0.05, 0) is 92.9 Å². The first-order valence-electron chi connectivity index (χ1n) is 15.8. The summed E-state index contributed by atoms with van der Waals surface area (Å²) in [6.07, 6.45) is 0. The lowest BCUT2D eigenvalue weighted by Gasteiger charge is -2.32. The van der Waals surface area contributed by atoms with E-state index in [4.69, 9.17) is 9.15 Å². The van der Waals surface area contributed by atoms with Crippen LogP contribution in [-0.2, 0) is 0 Å². The smallest absolute Gasteiger partial charge is 0.251 e. The first-order valence-corrected chi connectivity index (χ1v) is 15.8. The molecule has 218 valence electrons. The molecule has 0 amide bonds. The van der Waals surface area contributed by atoms with Crippen LogP contribution < -0.4 is 26.6 Å². The van der Waals surface area contributed by atoms with Crippen LogP contribution in [0.1, 0.15) is 76.0 Å². The average molecular weight is 577 g/mol. The minimum Gasteiger partial charge on any atom is -0.458 e. The van der Waals surface area contributed by atoms with E-state index in [0.29, 0.717) is 39.7 Å². The molecule has 0 radical (unpaired) electrons. The molecule has 0 fully saturated rings. The molecule has 0 unspecified atom stereocenters. The van der Waals surface area contributed by atoms with E-state index < -0.39 is 0 Å². The lowest BCUT2D eigenvalue weighted by atomic mass is 9.34. The molecule has 1 aliphatic rings. The van der Waals surface area contributed by atoms with Crippen LogP contribution in [-0.4, -0.2) is 6.71 Å². The quantitative estimate of drug-likeness (QED) is 0.152. The highest BCUT2D eigenvalue weighted by Crippen LogP contribution is 2.33. The van der Waals surface area contributed by atoms with Crippen molar-refractivity contribution >= 4 is 45.0 Å². The van der Waals surface area contributed by atoms with Crippen LogP contribution >= 0.6 is 0 Å². The molecule has 3 nitrogen and oxygen atoms in total. The maximum absolute atomic E-state index is 13.1. The molecule has 1 aliphatic heterocycles. The molecule has 0 atom stereocenters. The van der Waals surface area contributed by atoms with E-state index in [1.165, 1.54) is 33.1 Å². The number of para-hydroxylation sites is 2. The van der Waals surface area contributed by atoms with Gasteiger partial charge in [0.2, 0.25) is 5.43 Å². The zero-order valence-corrected chi connectivity index (χ0v) is 26.3. The Labute approximate surface area is 259 Å². The molecule has 0 aliphatic carbocycles. The van der Waals surface area contributed by atoms with Crippen LogP contribution in [0.3, 0.4) is 0 Å². The standard InChI is InChI=1S/C40H37BO3/c1-23(2)28-19-31(24(3)4)39(32(20-28)25(5)6)41-33-12-8-10-14-36(33)44-38-22-27(16-18-34(38)41)26-15-17-30-37(21-26)43-35-13-9-7-11-29(35)40(30)42/h7-25H,1-6H3. The van der Waals surface area contributed by atoms with Crippen molar-refractivity contribution in [3.63, 3.8) is 0 Å². The Balaban J connectivity index is 1.42. The number of fused-ring (bicyclic) bond motifs is 4. The molecule has 7 rings (SSSR count). The number of ether oxygens (including phenoxy) is 1. The summed E-state index contributed by atoms with van der Waals surface area (Å²) in [6.45, 7) is 13.9. The first kappa shape index (κ1) is 28.2. The van der Waals surface area contributed by atoms with Gasteiger partial charge in [0, 0.05) is 0 Å². The Morgan fingerprint density at radius 1 is 0.568 bits per heavy atom. The predicted molar refractivity (Wildman–Crippen MR) is 185 cm³/mol. The highest BCUT2D eigenvalue weighted by molar-refractivity contribution is 6.97. The van der Waals surface area contributed by atoms with Crippen molar-refractivity contribution in [2.24, 2.45) is 0 Å². The Kier molecular flexibility index (Phi) is 6.96. The van der Waals surface area contributed by atoms with E-state index in [2.05, 4.69) is 96.1 Å². The topological polar surface area (TPSA) is 39.4 Å². The van der Waals surface area contributed by atoms with Crippen LogP contribution in [0.2, 0.25) is 0 Å². The van der Waals surface area contributed by atoms with Crippen molar-refractivity contribution in [2.45, 2.75) is 59.3 Å². The summed E-state index contributed by atoms with van der Waals surface area (Å²) < 4.78 is 12.8. The van der Waals surface area contributed by atoms with Crippen molar-refractivity contribution in [1.29, 1.82) is 0 Å². The van der Waals surface area contributed by atoms with Crippen LogP contribution in [0.5, 0.6) is 11.5 Å². The summed E-state index contributed by atoms with van der Waals surface area (Å²) in [5.41, 5.74) is 11.2. The van der Waals surface area contributed by atoms with Crippen LogP contribution in [0.25, 0.3) is 33.1 Å². The average Bonchev–Trinajstić information content (AvgIpc) is 3.02. The third-order valence-electron chi connectivity index (χ3n) is 9.15. The molecule has 0 spiro atoms. The van der Waals surface area contributed by atoms with E-state index in [1.54, 1.807) is 0 Å². The zero-order chi connectivity index (χ0) is 30.7. The largest absolute Gasteiger partial charge is 0.458 e. The van der Waals surface area contributed by atoms with Crippen molar-refractivity contribution in [2.75, 3.05) is 0 Å². The second-order valence-corrected chi connectivity index (χ2v) is 13.0. The fourth-order valence-electron chi connectivity index (χ4n) is 6.78. The van der Waals surface area contributed by atoms with Crippen molar-refractivity contribution in [3.8, 4) is 22.6 Å². The second kappa shape index (κ2) is 10.9. The van der Waals surface area contributed by atoms with E-state index in [1.807, 2.05) is 42.5 Å². The van der Waals surface area contributed by atoms with Gasteiger partial charge in [0.25, 0.3) is 6.71 Å². The Morgan fingerprint density at radius 2 is 1.18 bits per heavy atom. The van der Waals surface area contributed by atoms with Crippen LogP contribution in [0.4, 0.5) is 0 Å². The van der Waals surface area contributed by atoms with Crippen molar-refractivity contribution in [3.05, 3.63) is 124 Å². The van der Waals surface area contributed by atoms with Gasteiger partial charge in [0.05, 0.1) is 10.8 Å². The third-order valence-corrected chi connectivity index (χ3v) is 9.15. The maximum Gasteiger partial charge on any atom is 0.251 e. The number of benzene rings is 5. The number of hydrogen-bond acceptors (Lipinski definition) is 3. The fourth-order valence-corrected chi connectivity index (χ4v) is 6.78. The molecule has 1 aromatic heterocycles. The van der Waals surface area contributed by atoms with Crippen molar-refractivity contribution < 1.29 is 9.15 Å². The highest BCUT2D eigenvalue weighted by Gasteiger charge is 2.36. The van der Waals surface area contributed by atoms with Gasteiger partial charge in [-0.1, -0.05) is 108 Å². The van der Waals surface area contributed by atoms with Gasteiger partial charge in [-0.2, -0.15) is 0 Å². The zero-order valence-electron chi connectivity index (χ0n) is 26.3.